The van der Waals surface area contributed by atoms with Crippen LogP contribution in [0.1, 0.15) is 19.3 Å². The first-order valence-electron chi connectivity index (χ1n) is 4.11. The second kappa shape index (κ2) is 2.07. The third kappa shape index (κ3) is 0.802. The van der Waals surface area contributed by atoms with Crippen LogP contribution in [0.15, 0.2) is 24.3 Å². The van der Waals surface area contributed by atoms with E-state index in [0.29, 0.717) is 11.7 Å². The summed E-state index contributed by atoms with van der Waals surface area (Å²) in [7, 11) is 0. The first-order chi connectivity index (χ1) is 5.20. The highest BCUT2D eigenvalue weighted by Crippen LogP contribution is 2.44. The largest absolute Gasteiger partial charge is 0.299 e. The van der Waals surface area contributed by atoms with Gasteiger partial charge in [-0.05, 0) is 29.9 Å². The Balaban J connectivity index is 2.37. The SMILES string of the molecule is C=C1C(=C)[C@H]2CC[C@@H]1CC2=O. The third-order valence-electron chi connectivity index (χ3n) is 2.97. The van der Waals surface area contributed by atoms with Crippen molar-refractivity contribution in [1.29, 1.82) is 0 Å². The fourth-order valence-corrected chi connectivity index (χ4v) is 2.17. The Morgan fingerprint density at radius 1 is 1.18 bits per heavy atom. The van der Waals surface area contributed by atoms with E-state index in [-0.39, 0.29) is 5.92 Å². The lowest BCUT2D eigenvalue weighted by Gasteiger charge is -2.38. The lowest BCUT2D eigenvalue weighted by atomic mass is 9.65. The van der Waals surface area contributed by atoms with Crippen molar-refractivity contribution in [3.63, 3.8) is 0 Å². The molecule has 1 nitrogen and oxygen atoms in total. The predicted molar refractivity (Wildman–Crippen MR) is 44.1 cm³/mol. The van der Waals surface area contributed by atoms with Gasteiger partial charge in [0, 0.05) is 12.3 Å². The second-order valence-electron chi connectivity index (χ2n) is 3.55. The van der Waals surface area contributed by atoms with E-state index in [1.807, 2.05) is 0 Å². The Bertz CT molecular complexity index is 250. The number of carbonyl (C=O) groups is 1. The van der Waals surface area contributed by atoms with Crippen molar-refractivity contribution in [3.05, 3.63) is 24.3 Å². The van der Waals surface area contributed by atoms with Gasteiger partial charge in [0.25, 0.3) is 0 Å². The van der Waals surface area contributed by atoms with Crippen LogP contribution in [0.5, 0.6) is 0 Å². The molecule has 0 N–H and O–H groups in total. The molecule has 58 valence electrons. The molecule has 2 bridgehead atoms. The van der Waals surface area contributed by atoms with E-state index in [2.05, 4.69) is 13.2 Å². The van der Waals surface area contributed by atoms with Crippen LogP contribution in [0.3, 0.4) is 0 Å². The van der Waals surface area contributed by atoms with Gasteiger partial charge in [0.15, 0.2) is 0 Å². The molecule has 0 aromatic rings. The van der Waals surface area contributed by atoms with Crippen molar-refractivity contribution >= 4 is 5.78 Å². The lowest BCUT2D eigenvalue weighted by Crippen LogP contribution is -2.34. The zero-order valence-corrected chi connectivity index (χ0v) is 6.60. The second-order valence-corrected chi connectivity index (χ2v) is 3.55. The van der Waals surface area contributed by atoms with E-state index in [4.69, 9.17) is 0 Å². The third-order valence-corrected chi connectivity index (χ3v) is 2.97. The van der Waals surface area contributed by atoms with Crippen molar-refractivity contribution in [3.8, 4) is 0 Å². The summed E-state index contributed by atoms with van der Waals surface area (Å²) in [6, 6.07) is 0. The van der Waals surface area contributed by atoms with Crippen LogP contribution in [0.25, 0.3) is 0 Å². The first-order valence-corrected chi connectivity index (χ1v) is 4.11. The van der Waals surface area contributed by atoms with Crippen LogP contribution in [0.4, 0.5) is 0 Å². The minimum atomic E-state index is 0.132. The Morgan fingerprint density at radius 3 is 2.36 bits per heavy atom. The predicted octanol–water partition coefficient (Wildman–Crippen LogP) is 2.10. The van der Waals surface area contributed by atoms with Crippen LogP contribution < -0.4 is 0 Å². The highest BCUT2D eigenvalue weighted by atomic mass is 16.1. The van der Waals surface area contributed by atoms with Crippen LogP contribution >= 0.6 is 0 Å². The molecule has 0 aliphatic heterocycles. The molecule has 0 radical (unpaired) electrons. The summed E-state index contributed by atoms with van der Waals surface area (Å²) in [6.45, 7) is 7.87. The zero-order valence-electron chi connectivity index (χ0n) is 6.60. The topological polar surface area (TPSA) is 17.1 Å². The van der Waals surface area contributed by atoms with E-state index in [1.54, 1.807) is 0 Å². The molecule has 0 saturated heterocycles. The van der Waals surface area contributed by atoms with Crippen LogP contribution in [-0.4, -0.2) is 5.78 Å². The summed E-state index contributed by atoms with van der Waals surface area (Å²) in [4.78, 5) is 11.3. The molecule has 3 saturated carbocycles. The molecule has 3 rings (SSSR count). The fourth-order valence-electron chi connectivity index (χ4n) is 2.17. The summed E-state index contributed by atoms with van der Waals surface area (Å²) in [5, 5.41) is 0. The molecule has 0 heterocycles. The maximum Gasteiger partial charge on any atom is 0.140 e. The smallest absolute Gasteiger partial charge is 0.140 e. The average molecular weight is 148 g/mol. The zero-order chi connectivity index (χ0) is 8.01. The van der Waals surface area contributed by atoms with Gasteiger partial charge in [-0.25, -0.2) is 0 Å². The Morgan fingerprint density at radius 2 is 1.91 bits per heavy atom. The van der Waals surface area contributed by atoms with Crippen LogP contribution in [0.2, 0.25) is 0 Å². The highest BCUT2D eigenvalue weighted by molar-refractivity contribution is 5.88. The summed E-state index contributed by atoms with van der Waals surface area (Å²) in [5.41, 5.74) is 2.15. The molecule has 2 atom stereocenters. The van der Waals surface area contributed by atoms with E-state index in [0.717, 1.165) is 30.4 Å². The van der Waals surface area contributed by atoms with Crippen molar-refractivity contribution in [2.45, 2.75) is 19.3 Å². The van der Waals surface area contributed by atoms with Gasteiger partial charge in [-0.3, -0.25) is 4.79 Å². The van der Waals surface area contributed by atoms with Gasteiger partial charge in [-0.15, -0.1) is 0 Å². The van der Waals surface area contributed by atoms with Gasteiger partial charge < -0.3 is 0 Å². The number of Topliss-reactive ketones (excluding diaryl/α,β-unsaturated/α-hetero) is 1. The van der Waals surface area contributed by atoms with Crippen LogP contribution in [-0.2, 0) is 4.79 Å². The molecule has 0 spiro atoms. The van der Waals surface area contributed by atoms with Crippen LogP contribution in [0, 0.1) is 11.8 Å². The number of rotatable bonds is 0. The summed E-state index contributed by atoms with van der Waals surface area (Å²) in [5.74, 6) is 0.950. The van der Waals surface area contributed by atoms with Crippen molar-refractivity contribution in [1.82, 2.24) is 0 Å². The Labute approximate surface area is 66.8 Å². The molecule has 0 unspecified atom stereocenters. The first kappa shape index (κ1) is 6.84. The van der Waals surface area contributed by atoms with E-state index in [9.17, 15) is 4.79 Å². The van der Waals surface area contributed by atoms with Crippen molar-refractivity contribution < 1.29 is 4.79 Å². The van der Waals surface area contributed by atoms with E-state index in [1.165, 1.54) is 0 Å². The van der Waals surface area contributed by atoms with Gasteiger partial charge in [0.05, 0.1) is 0 Å². The van der Waals surface area contributed by atoms with Gasteiger partial charge in [0.2, 0.25) is 0 Å². The normalized spacial score (nSPS) is 36.5. The molecular weight excluding hydrogens is 136 g/mol. The van der Waals surface area contributed by atoms with Gasteiger partial charge in [0.1, 0.15) is 5.78 Å². The van der Waals surface area contributed by atoms with E-state index >= 15 is 0 Å². The molecular formula is C10H12O. The molecule has 0 aromatic heterocycles. The molecule has 0 amide bonds. The number of carbonyl (C=O) groups excluding carboxylic acids is 1. The molecule has 1 heteroatoms. The van der Waals surface area contributed by atoms with Crippen molar-refractivity contribution in [2.75, 3.05) is 0 Å². The van der Waals surface area contributed by atoms with Gasteiger partial charge in [-0.2, -0.15) is 0 Å². The molecule has 0 aromatic carbocycles. The summed E-state index contributed by atoms with van der Waals surface area (Å²) >= 11 is 0. The Kier molecular flexibility index (Phi) is 1.28. The lowest BCUT2D eigenvalue weighted by molar-refractivity contribution is -0.125. The number of ketones is 1. The van der Waals surface area contributed by atoms with Gasteiger partial charge >= 0.3 is 0 Å². The maximum absolute atomic E-state index is 11.3. The molecule has 3 fully saturated rings. The number of hydrogen-bond donors (Lipinski definition) is 0. The van der Waals surface area contributed by atoms with Crippen molar-refractivity contribution in [2.24, 2.45) is 11.8 Å². The van der Waals surface area contributed by atoms with E-state index < -0.39 is 0 Å². The average Bonchev–Trinajstić information content (AvgIpc) is 1.99. The fraction of sp³-hybridized carbons (Fsp3) is 0.500. The minimum Gasteiger partial charge on any atom is -0.299 e. The number of hydrogen-bond acceptors (Lipinski definition) is 1. The molecule has 11 heavy (non-hydrogen) atoms. The summed E-state index contributed by atoms with van der Waals surface area (Å²) < 4.78 is 0. The monoisotopic (exact) mass is 148 g/mol. The molecule has 3 aliphatic rings. The number of fused-ring (bicyclic) bond motifs is 3. The maximum atomic E-state index is 11.3. The Hall–Kier alpha value is -0.850. The number of allylic oxidation sites excluding steroid dienone is 2. The quantitative estimate of drug-likeness (QED) is 0.514. The minimum absolute atomic E-state index is 0.132. The highest BCUT2D eigenvalue weighted by Gasteiger charge is 2.38. The van der Waals surface area contributed by atoms with Gasteiger partial charge in [-0.1, -0.05) is 13.2 Å². The summed E-state index contributed by atoms with van der Waals surface area (Å²) in [6.07, 6.45) is 2.89. The molecule has 3 aliphatic carbocycles. The standard InChI is InChI=1S/C10H12O/c1-6-7(2)9-4-3-8(6)5-10(9)11/h8-9H,1-5H2/t8-,9-/m1/s1.